The topological polar surface area (TPSA) is 60.5 Å². The summed E-state index contributed by atoms with van der Waals surface area (Å²) in [5.41, 5.74) is 1.04. The lowest BCUT2D eigenvalue weighted by Crippen LogP contribution is -2.36. The molecule has 1 aliphatic rings. The summed E-state index contributed by atoms with van der Waals surface area (Å²) in [6, 6.07) is 3.88. The highest BCUT2D eigenvalue weighted by molar-refractivity contribution is 7.84. The Bertz CT molecular complexity index is 470. The van der Waals surface area contributed by atoms with Crippen LogP contribution in [0.2, 0.25) is 0 Å². The van der Waals surface area contributed by atoms with Crippen LogP contribution in [0.25, 0.3) is 0 Å². The second-order valence-corrected chi connectivity index (χ2v) is 8.44. The van der Waals surface area contributed by atoms with Gasteiger partial charge in [-0.25, -0.2) is 8.93 Å². The van der Waals surface area contributed by atoms with E-state index in [1.165, 1.54) is 0 Å². The molecule has 0 aliphatic carbocycles. The SMILES string of the molecule is CC(C)(C)[S@](=O)NC(CCC1OCCCO1)c1cccnc1. The minimum Gasteiger partial charge on any atom is -0.353 e. The monoisotopic (exact) mass is 326 g/mol. The van der Waals surface area contributed by atoms with Gasteiger partial charge in [0.15, 0.2) is 6.29 Å². The third kappa shape index (κ3) is 5.43. The minimum atomic E-state index is -1.13. The van der Waals surface area contributed by atoms with E-state index in [4.69, 9.17) is 9.47 Å². The number of ether oxygens (including phenoxy) is 2. The fourth-order valence-corrected chi connectivity index (χ4v) is 3.05. The number of hydrogen-bond acceptors (Lipinski definition) is 4. The lowest BCUT2D eigenvalue weighted by molar-refractivity contribution is -0.182. The molecule has 1 saturated heterocycles. The molecule has 5 nitrogen and oxygen atoms in total. The Labute approximate surface area is 135 Å². The first-order valence-corrected chi connectivity index (χ1v) is 8.93. The van der Waals surface area contributed by atoms with Gasteiger partial charge >= 0.3 is 0 Å². The van der Waals surface area contributed by atoms with Gasteiger partial charge in [-0.2, -0.15) is 0 Å². The molecular formula is C16H26N2O3S. The number of nitrogens with zero attached hydrogens (tertiary/aromatic N) is 1. The van der Waals surface area contributed by atoms with Crippen molar-refractivity contribution >= 4 is 11.0 Å². The number of nitrogens with one attached hydrogen (secondary N) is 1. The quantitative estimate of drug-likeness (QED) is 0.873. The van der Waals surface area contributed by atoms with E-state index in [0.717, 1.165) is 38.0 Å². The van der Waals surface area contributed by atoms with Crippen LogP contribution in [0.15, 0.2) is 24.5 Å². The average Bonchev–Trinajstić information content (AvgIpc) is 2.52. The predicted molar refractivity (Wildman–Crippen MR) is 87.6 cm³/mol. The lowest BCUT2D eigenvalue weighted by Gasteiger charge is -2.27. The summed E-state index contributed by atoms with van der Waals surface area (Å²) in [5.74, 6) is 0. The van der Waals surface area contributed by atoms with Gasteiger partial charge in [-0.3, -0.25) is 4.98 Å². The van der Waals surface area contributed by atoms with E-state index in [2.05, 4.69) is 9.71 Å². The van der Waals surface area contributed by atoms with Crippen molar-refractivity contribution in [1.29, 1.82) is 0 Å². The maximum atomic E-state index is 12.4. The first-order valence-electron chi connectivity index (χ1n) is 7.78. The Morgan fingerprint density at radius 2 is 2.14 bits per heavy atom. The normalized spacial score (nSPS) is 19.8. The predicted octanol–water partition coefficient (Wildman–Crippen LogP) is 2.72. The van der Waals surface area contributed by atoms with Crippen molar-refractivity contribution in [3.05, 3.63) is 30.1 Å². The summed E-state index contributed by atoms with van der Waals surface area (Å²) in [4.78, 5) is 4.17. The van der Waals surface area contributed by atoms with Crippen molar-refractivity contribution in [3.63, 3.8) is 0 Å². The second kappa shape index (κ2) is 8.15. The van der Waals surface area contributed by atoms with Crippen LogP contribution in [0.1, 0.15) is 51.6 Å². The summed E-state index contributed by atoms with van der Waals surface area (Å²) < 4.78 is 26.5. The van der Waals surface area contributed by atoms with Crippen LogP contribution in [0.4, 0.5) is 0 Å². The zero-order valence-electron chi connectivity index (χ0n) is 13.6. The minimum absolute atomic E-state index is 0.0251. The van der Waals surface area contributed by atoms with Gasteiger partial charge in [-0.05, 0) is 45.2 Å². The van der Waals surface area contributed by atoms with Crippen molar-refractivity contribution in [3.8, 4) is 0 Å². The van der Waals surface area contributed by atoms with E-state index in [-0.39, 0.29) is 17.1 Å². The number of hydrogen-bond donors (Lipinski definition) is 1. The zero-order valence-corrected chi connectivity index (χ0v) is 14.4. The van der Waals surface area contributed by atoms with Gasteiger partial charge in [0.25, 0.3) is 0 Å². The number of rotatable bonds is 6. The van der Waals surface area contributed by atoms with Crippen LogP contribution >= 0.6 is 0 Å². The molecule has 0 bridgehead atoms. The standard InChI is InChI=1S/C16H26N2O3S/c1-16(2,3)22(19)18-14(13-6-4-9-17-12-13)7-8-15-20-10-5-11-21-15/h4,6,9,12,14-15,18H,5,7-8,10-11H2,1-3H3/t14?,22-/m0/s1. The van der Waals surface area contributed by atoms with Crippen LogP contribution in [0.3, 0.4) is 0 Å². The average molecular weight is 326 g/mol. The third-order valence-corrected chi connectivity index (χ3v) is 5.09. The summed E-state index contributed by atoms with van der Waals surface area (Å²) in [7, 11) is -1.13. The molecule has 1 aromatic rings. The van der Waals surface area contributed by atoms with Crippen molar-refractivity contribution in [2.75, 3.05) is 13.2 Å². The molecule has 0 aromatic carbocycles. The fourth-order valence-electron chi connectivity index (χ4n) is 2.19. The second-order valence-electron chi connectivity index (χ2n) is 6.44. The summed E-state index contributed by atoms with van der Waals surface area (Å²) in [6.45, 7) is 7.39. The van der Waals surface area contributed by atoms with E-state index >= 15 is 0 Å². The molecule has 0 amide bonds. The molecule has 0 spiro atoms. The molecule has 124 valence electrons. The van der Waals surface area contributed by atoms with Crippen LogP contribution in [0, 0.1) is 0 Å². The van der Waals surface area contributed by atoms with Gasteiger partial charge in [0, 0.05) is 24.9 Å². The first kappa shape index (κ1) is 17.5. The molecule has 1 aromatic heterocycles. The Kier molecular flexibility index (Phi) is 6.50. The molecule has 1 unspecified atom stereocenters. The molecule has 0 saturated carbocycles. The summed E-state index contributed by atoms with van der Waals surface area (Å²) in [6.07, 6.45) is 5.92. The molecule has 22 heavy (non-hydrogen) atoms. The highest BCUT2D eigenvalue weighted by atomic mass is 32.2. The van der Waals surface area contributed by atoms with Crippen molar-refractivity contribution in [2.24, 2.45) is 0 Å². The van der Waals surface area contributed by atoms with Gasteiger partial charge in [0.2, 0.25) is 0 Å². The van der Waals surface area contributed by atoms with Crippen LogP contribution in [-0.4, -0.2) is 33.4 Å². The molecule has 0 radical (unpaired) electrons. The van der Waals surface area contributed by atoms with Crippen LogP contribution in [-0.2, 0) is 20.5 Å². The van der Waals surface area contributed by atoms with Crippen molar-refractivity contribution in [2.45, 2.75) is 57.1 Å². The van der Waals surface area contributed by atoms with Crippen molar-refractivity contribution in [1.82, 2.24) is 9.71 Å². The van der Waals surface area contributed by atoms with Gasteiger partial charge in [-0.15, -0.1) is 0 Å². The maximum Gasteiger partial charge on any atom is 0.157 e. The molecule has 2 atom stereocenters. The van der Waals surface area contributed by atoms with Crippen LogP contribution in [0.5, 0.6) is 0 Å². The van der Waals surface area contributed by atoms with E-state index in [9.17, 15) is 4.21 Å². The Balaban J connectivity index is 2.00. The first-order chi connectivity index (χ1) is 10.5. The Morgan fingerprint density at radius 3 is 2.73 bits per heavy atom. The van der Waals surface area contributed by atoms with E-state index < -0.39 is 11.0 Å². The fraction of sp³-hybridized carbons (Fsp3) is 0.688. The van der Waals surface area contributed by atoms with Crippen molar-refractivity contribution < 1.29 is 13.7 Å². The zero-order chi connectivity index (χ0) is 16.0. The van der Waals surface area contributed by atoms with Gasteiger partial charge in [0.1, 0.15) is 0 Å². The molecule has 1 N–H and O–H groups in total. The highest BCUT2D eigenvalue weighted by Gasteiger charge is 2.25. The maximum absolute atomic E-state index is 12.4. The molecular weight excluding hydrogens is 300 g/mol. The number of aromatic nitrogens is 1. The summed E-state index contributed by atoms with van der Waals surface area (Å²) >= 11 is 0. The molecule has 2 heterocycles. The number of pyridine rings is 1. The largest absolute Gasteiger partial charge is 0.353 e. The Hall–Kier alpha value is -0.820. The van der Waals surface area contributed by atoms with E-state index in [1.54, 1.807) is 6.20 Å². The molecule has 1 fully saturated rings. The van der Waals surface area contributed by atoms with Gasteiger partial charge in [-0.1, -0.05) is 6.07 Å². The molecule has 6 heteroatoms. The van der Waals surface area contributed by atoms with Gasteiger partial charge in [0.05, 0.1) is 28.9 Å². The lowest BCUT2D eigenvalue weighted by atomic mass is 10.0. The smallest absolute Gasteiger partial charge is 0.157 e. The highest BCUT2D eigenvalue weighted by Crippen LogP contribution is 2.23. The molecule has 2 rings (SSSR count). The third-order valence-electron chi connectivity index (χ3n) is 3.48. The van der Waals surface area contributed by atoms with E-state index in [0.29, 0.717) is 0 Å². The summed E-state index contributed by atoms with van der Waals surface area (Å²) in [5, 5.41) is 0. The van der Waals surface area contributed by atoms with Gasteiger partial charge < -0.3 is 9.47 Å². The Morgan fingerprint density at radius 1 is 1.41 bits per heavy atom. The van der Waals surface area contributed by atoms with Crippen LogP contribution < -0.4 is 4.72 Å². The molecule has 1 aliphatic heterocycles. The van der Waals surface area contributed by atoms with E-state index in [1.807, 2.05) is 39.1 Å².